The largest absolute Gasteiger partial charge is 0.506 e. The highest BCUT2D eigenvalue weighted by molar-refractivity contribution is 9.11. The number of hydrogen-bond acceptors (Lipinski definition) is 5. The molecule has 0 aromatic heterocycles. The van der Waals surface area contributed by atoms with Crippen LogP contribution in [0.5, 0.6) is 28.7 Å². The summed E-state index contributed by atoms with van der Waals surface area (Å²) in [6.45, 7) is 0. The van der Waals surface area contributed by atoms with Crippen molar-refractivity contribution in [1.82, 2.24) is 0 Å². The van der Waals surface area contributed by atoms with Crippen LogP contribution in [0, 0.1) is 0 Å². The second-order valence-corrected chi connectivity index (χ2v) is 7.27. The highest BCUT2D eigenvalue weighted by Crippen LogP contribution is 2.58. The molecule has 8 heteroatoms. The molecule has 0 saturated heterocycles. The van der Waals surface area contributed by atoms with E-state index < -0.39 is 5.75 Å². The van der Waals surface area contributed by atoms with Crippen molar-refractivity contribution in [2.75, 3.05) is 0 Å². The Bertz CT molecular complexity index is 763. The van der Waals surface area contributed by atoms with Gasteiger partial charge in [-0.05, 0) is 66.2 Å². The molecule has 0 saturated carbocycles. The molecule has 0 amide bonds. The maximum atomic E-state index is 10.4. The van der Waals surface area contributed by atoms with Crippen LogP contribution in [0.15, 0.2) is 13.4 Å². The van der Waals surface area contributed by atoms with Crippen LogP contribution in [-0.2, 0) is 12.8 Å². The Kier molecular flexibility index (Phi) is 3.73. The summed E-state index contributed by atoms with van der Waals surface area (Å²) in [7, 11) is 0. The molecule has 5 N–H and O–H groups in total. The molecule has 1 aliphatic rings. The van der Waals surface area contributed by atoms with Crippen molar-refractivity contribution >= 4 is 47.8 Å². The van der Waals surface area contributed by atoms with Gasteiger partial charge in [0.2, 0.25) is 0 Å². The number of aromatic hydroxyl groups is 5. The van der Waals surface area contributed by atoms with Crippen molar-refractivity contribution in [3.8, 4) is 39.9 Å². The first-order valence-corrected chi connectivity index (χ1v) is 8.52. The number of phenolic OH excluding ortho intramolecular Hbond substituents is 5. The lowest BCUT2D eigenvalue weighted by molar-refractivity contribution is 0.387. The number of benzene rings is 2. The second kappa shape index (κ2) is 5.21. The van der Waals surface area contributed by atoms with Crippen LogP contribution >= 0.6 is 47.8 Å². The van der Waals surface area contributed by atoms with Gasteiger partial charge in [0.1, 0.15) is 10.2 Å². The third kappa shape index (κ3) is 1.93. The Morgan fingerprint density at radius 3 is 1.64 bits per heavy atom. The Morgan fingerprint density at radius 1 is 0.500 bits per heavy atom. The average molecular weight is 497 g/mol. The van der Waals surface area contributed by atoms with Crippen LogP contribution in [0.2, 0.25) is 0 Å². The lowest BCUT2D eigenvalue weighted by Crippen LogP contribution is -2.07. The van der Waals surface area contributed by atoms with Crippen LogP contribution in [0.4, 0.5) is 0 Å². The molecular formula is C14H9Br3O5. The van der Waals surface area contributed by atoms with Crippen LogP contribution in [0.25, 0.3) is 11.1 Å². The molecule has 3 rings (SSSR count). The van der Waals surface area contributed by atoms with Crippen molar-refractivity contribution in [2.24, 2.45) is 0 Å². The SMILES string of the molecule is Oc1c(O)c2c(c(O)c1Br)-c1c(Br)c(O)c(O)c(Br)c1CC2. The Morgan fingerprint density at radius 2 is 1.00 bits per heavy atom. The Balaban J connectivity index is 2.51. The smallest absolute Gasteiger partial charge is 0.176 e. The minimum atomic E-state index is -0.433. The highest BCUT2D eigenvalue weighted by atomic mass is 79.9. The van der Waals surface area contributed by atoms with E-state index >= 15 is 0 Å². The summed E-state index contributed by atoms with van der Waals surface area (Å²) in [5.41, 5.74) is 1.81. The third-order valence-electron chi connectivity index (χ3n) is 3.77. The van der Waals surface area contributed by atoms with Gasteiger partial charge >= 0.3 is 0 Å². The van der Waals surface area contributed by atoms with E-state index in [0.717, 1.165) is 0 Å². The molecule has 1 aliphatic carbocycles. The van der Waals surface area contributed by atoms with Gasteiger partial charge in [0.15, 0.2) is 23.0 Å². The van der Waals surface area contributed by atoms with Gasteiger partial charge in [-0.2, -0.15) is 0 Å². The third-order valence-corrected chi connectivity index (χ3v) is 6.14. The number of phenols is 5. The molecule has 5 nitrogen and oxygen atoms in total. The molecule has 0 spiro atoms. The minimum Gasteiger partial charge on any atom is -0.506 e. The van der Waals surface area contributed by atoms with Gasteiger partial charge in [0.05, 0.1) is 8.95 Å². The minimum absolute atomic E-state index is 0.0350. The number of halogens is 3. The lowest BCUT2D eigenvalue weighted by Gasteiger charge is -2.26. The molecule has 22 heavy (non-hydrogen) atoms. The summed E-state index contributed by atoms with van der Waals surface area (Å²) in [4.78, 5) is 0. The first kappa shape index (κ1) is 15.8. The van der Waals surface area contributed by atoms with Crippen molar-refractivity contribution in [3.63, 3.8) is 0 Å². The quantitative estimate of drug-likeness (QED) is 0.277. The van der Waals surface area contributed by atoms with Crippen LogP contribution in [-0.4, -0.2) is 25.5 Å². The number of hydrogen-bond donors (Lipinski definition) is 5. The first-order valence-electron chi connectivity index (χ1n) is 6.14. The summed E-state index contributed by atoms with van der Waals surface area (Å²) in [5, 5.41) is 50.3. The average Bonchev–Trinajstić information content (AvgIpc) is 2.52. The summed E-state index contributed by atoms with van der Waals surface area (Å²) in [5.74, 6) is -1.67. The highest BCUT2D eigenvalue weighted by Gasteiger charge is 2.32. The van der Waals surface area contributed by atoms with E-state index in [2.05, 4.69) is 47.8 Å². The molecule has 0 atom stereocenters. The standard InChI is InChI=1S/C14H9Br3O5/c15-7-3-1-2-4-6(5(3)8(16)13(21)12(7)20)11(19)9(17)14(22)10(4)18/h18-22H,1-2H2. The number of fused-ring (bicyclic) bond motifs is 3. The first-order chi connectivity index (χ1) is 10.3. The van der Waals surface area contributed by atoms with Crippen LogP contribution in [0.3, 0.4) is 0 Å². The monoisotopic (exact) mass is 494 g/mol. The molecule has 2 aromatic carbocycles. The zero-order chi connectivity index (χ0) is 16.3. The van der Waals surface area contributed by atoms with Crippen molar-refractivity contribution < 1.29 is 25.5 Å². The fraction of sp³-hybridized carbons (Fsp3) is 0.143. The van der Waals surface area contributed by atoms with Crippen LogP contribution in [0.1, 0.15) is 11.1 Å². The molecule has 0 radical (unpaired) electrons. The molecule has 0 heterocycles. The zero-order valence-electron chi connectivity index (χ0n) is 10.8. The summed E-state index contributed by atoms with van der Waals surface area (Å²) >= 11 is 9.50. The fourth-order valence-corrected chi connectivity index (χ4v) is 4.30. The van der Waals surface area contributed by atoms with E-state index in [1.807, 2.05) is 0 Å². The van der Waals surface area contributed by atoms with E-state index in [0.29, 0.717) is 39.6 Å². The second-order valence-electron chi connectivity index (χ2n) is 4.89. The predicted octanol–water partition coefficient (Wildman–Crippen LogP) is 4.27. The van der Waals surface area contributed by atoms with Crippen molar-refractivity contribution in [3.05, 3.63) is 24.5 Å². The van der Waals surface area contributed by atoms with Crippen molar-refractivity contribution in [2.45, 2.75) is 12.8 Å². The molecule has 0 aliphatic heterocycles. The van der Waals surface area contributed by atoms with Crippen molar-refractivity contribution in [1.29, 1.82) is 0 Å². The maximum absolute atomic E-state index is 10.4. The molecule has 0 fully saturated rings. The van der Waals surface area contributed by atoms with Gasteiger partial charge in [-0.1, -0.05) is 0 Å². The molecule has 2 aromatic rings. The molecule has 0 unspecified atom stereocenters. The lowest BCUT2D eigenvalue weighted by atomic mass is 9.84. The van der Waals surface area contributed by atoms with E-state index in [-0.39, 0.29) is 31.9 Å². The zero-order valence-corrected chi connectivity index (χ0v) is 15.5. The van der Waals surface area contributed by atoms with Gasteiger partial charge in [-0.25, -0.2) is 0 Å². The van der Waals surface area contributed by atoms with E-state index in [1.54, 1.807) is 0 Å². The van der Waals surface area contributed by atoms with Gasteiger partial charge < -0.3 is 25.5 Å². The Labute approximate surface area is 150 Å². The van der Waals surface area contributed by atoms with E-state index in [1.165, 1.54) is 0 Å². The van der Waals surface area contributed by atoms with Crippen LogP contribution < -0.4 is 0 Å². The van der Waals surface area contributed by atoms with Gasteiger partial charge in [0.25, 0.3) is 0 Å². The summed E-state index contributed by atoms with van der Waals surface area (Å²) in [6, 6.07) is 0. The molecule has 116 valence electrons. The number of rotatable bonds is 0. The summed E-state index contributed by atoms with van der Waals surface area (Å²) in [6.07, 6.45) is 0.807. The van der Waals surface area contributed by atoms with Gasteiger partial charge in [-0.15, -0.1) is 0 Å². The fourth-order valence-electron chi connectivity index (χ4n) is 2.70. The normalized spacial score (nSPS) is 12.9. The predicted molar refractivity (Wildman–Crippen MR) is 90.7 cm³/mol. The van der Waals surface area contributed by atoms with Gasteiger partial charge in [-0.3, -0.25) is 0 Å². The molecule has 0 bridgehead atoms. The van der Waals surface area contributed by atoms with E-state index in [4.69, 9.17) is 0 Å². The van der Waals surface area contributed by atoms with Gasteiger partial charge in [0, 0.05) is 16.7 Å². The summed E-state index contributed by atoms with van der Waals surface area (Å²) < 4.78 is 0.501. The Hall–Kier alpha value is -1.12. The van der Waals surface area contributed by atoms with E-state index in [9.17, 15) is 25.5 Å². The molecular weight excluding hydrogens is 488 g/mol. The maximum Gasteiger partial charge on any atom is 0.176 e. The topological polar surface area (TPSA) is 101 Å².